The fourth-order valence-corrected chi connectivity index (χ4v) is 3.22. The number of oxazole rings is 1. The summed E-state index contributed by atoms with van der Waals surface area (Å²) in [6, 6.07) is 23.9. The average molecular weight is 382 g/mol. The van der Waals surface area contributed by atoms with Crippen LogP contribution in [0.4, 0.5) is 10.1 Å². The Balaban J connectivity index is 1.49. The molecule has 0 aliphatic carbocycles. The first kappa shape index (κ1) is 17.1. The van der Waals surface area contributed by atoms with Gasteiger partial charge in [-0.05, 0) is 53.2 Å². The van der Waals surface area contributed by atoms with Gasteiger partial charge in [-0.1, -0.05) is 36.4 Å². The van der Waals surface area contributed by atoms with Crippen molar-refractivity contribution in [2.45, 2.75) is 0 Å². The lowest BCUT2D eigenvalue weighted by Gasteiger charge is -1.99. The lowest BCUT2D eigenvalue weighted by molar-refractivity contribution is 0.431. The number of nitrogens with zero attached hydrogens (tertiary/aromatic N) is 2. The molecule has 0 spiro atoms. The Labute approximate surface area is 165 Å². The molecule has 4 aromatic carbocycles. The number of benzene rings is 4. The lowest BCUT2D eigenvalue weighted by atomic mass is 10.1. The molecule has 0 saturated heterocycles. The van der Waals surface area contributed by atoms with Crippen LogP contribution in [-0.2, 0) is 0 Å². The molecule has 29 heavy (non-hydrogen) atoms. The first-order valence-corrected chi connectivity index (χ1v) is 9.09. The van der Waals surface area contributed by atoms with Gasteiger partial charge in [-0.25, -0.2) is 9.37 Å². The molecular weight excluding hydrogens is 367 g/mol. The first-order chi connectivity index (χ1) is 14.2. The minimum atomic E-state index is -0.680. The van der Waals surface area contributed by atoms with Gasteiger partial charge in [0.1, 0.15) is 5.52 Å². The molecule has 0 aliphatic heterocycles. The number of para-hydroxylation sites is 1. The van der Waals surface area contributed by atoms with Crippen LogP contribution in [0.3, 0.4) is 0 Å². The van der Waals surface area contributed by atoms with Gasteiger partial charge in [0.15, 0.2) is 17.1 Å². The van der Waals surface area contributed by atoms with Crippen molar-refractivity contribution in [1.82, 2.24) is 4.98 Å². The molecule has 1 heterocycles. The van der Waals surface area contributed by atoms with Crippen molar-refractivity contribution in [2.75, 3.05) is 0 Å². The topological polar surface area (TPSA) is 58.6 Å². The van der Waals surface area contributed by atoms with Gasteiger partial charge in [0.25, 0.3) is 0 Å². The van der Waals surface area contributed by atoms with E-state index in [4.69, 9.17) is 4.42 Å². The highest BCUT2D eigenvalue weighted by Crippen LogP contribution is 2.29. The lowest BCUT2D eigenvalue weighted by Crippen LogP contribution is -1.85. The SMILES string of the molecule is Oc1c(F)cccc1C=Nc1ccc2oc(-c3ccc4ccccc4c3)nc2c1. The zero-order chi connectivity index (χ0) is 19.8. The van der Waals surface area contributed by atoms with Crippen LogP contribution in [0.25, 0.3) is 33.3 Å². The number of phenols is 1. The van der Waals surface area contributed by atoms with Crippen LogP contribution < -0.4 is 0 Å². The molecular formula is C24H15FN2O2. The van der Waals surface area contributed by atoms with Crippen molar-refractivity contribution >= 4 is 33.8 Å². The average Bonchev–Trinajstić information content (AvgIpc) is 3.18. The fraction of sp³-hybridized carbons (Fsp3) is 0. The van der Waals surface area contributed by atoms with Gasteiger partial charge >= 0.3 is 0 Å². The van der Waals surface area contributed by atoms with Crippen LogP contribution in [-0.4, -0.2) is 16.3 Å². The predicted molar refractivity (Wildman–Crippen MR) is 112 cm³/mol. The highest BCUT2D eigenvalue weighted by atomic mass is 19.1. The van der Waals surface area contributed by atoms with E-state index in [-0.39, 0.29) is 0 Å². The summed E-state index contributed by atoms with van der Waals surface area (Å²) in [7, 11) is 0. The van der Waals surface area contributed by atoms with Crippen molar-refractivity contribution in [3.05, 3.63) is 90.2 Å². The number of hydrogen-bond donors (Lipinski definition) is 1. The van der Waals surface area contributed by atoms with Crippen molar-refractivity contribution in [2.24, 2.45) is 4.99 Å². The third kappa shape index (κ3) is 3.23. The van der Waals surface area contributed by atoms with Gasteiger partial charge in [0.05, 0.1) is 5.69 Å². The maximum absolute atomic E-state index is 13.4. The number of aromatic hydroxyl groups is 1. The highest BCUT2D eigenvalue weighted by Gasteiger charge is 2.10. The molecule has 0 bridgehead atoms. The number of hydrogen-bond acceptors (Lipinski definition) is 4. The Morgan fingerprint density at radius 1 is 0.897 bits per heavy atom. The smallest absolute Gasteiger partial charge is 0.227 e. The zero-order valence-corrected chi connectivity index (χ0v) is 15.2. The second-order valence-electron chi connectivity index (χ2n) is 6.67. The summed E-state index contributed by atoms with van der Waals surface area (Å²) in [4.78, 5) is 8.91. The summed E-state index contributed by atoms with van der Waals surface area (Å²) in [6.45, 7) is 0. The summed E-state index contributed by atoms with van der Waals surface area (Å²) in [6.07, 6.45) is 1.42. The molecule has 0 atom stereocenters. The summed E-state index contributed by atoms with van der Waals surface area (Å²) in [5.74, 6) is -0.562. The van der Waals surface area contributed by atoms with E-state index in [1.807, 2.05) is 30.3 Å². The Hall–Kier alpha value is -3.99. The highest BCUT2D eigenvalue weighted by molar-refractivity contribution is 5.88. The van der Waals surface area contributed by atoms with E-state index in [1.165, 1.54) is 18.3 Å². The Bertz CT molecular complexity index is 1390. The maximum atomic E-state index is 13.4. The largest absolute Gasteiger partial charge is 0.504 e. The quantitative estimate of drug-likeness (QED) is 0.376. The summed E-state index contributed by atoms with van der Waals surface area (Å²) in [5, 5.41) is 12.0. The van der Waals surface area contributed by atoms with Gasteiger partial charge in [-0.3, -0.25) is 4.99 Å². The van der Waals surface area contributed by atoms with E-state index in [0.29, 0.717) is 28.2 Å². The van der Waals surface area contributed by atoms with E-state index in [0.717, 1.165) is 16.3 Å². The fourth-order valence-electron chi connectivity index (χ4n) is 3.22. The predicted octanol–water partition coefficient (Wildman–Crippen LogP) is 6.24. The Morgan fingerprint density at radius 3 is 2.66 bits per heavy atom. The van der Waals surface area contributed by atoms with Crippen LogP contribution in [0.15, 0.2) is 88.3 Å². The molecule has 0 aliphatic rings. The first-order valence-electron chi connectivity index (χ1n) is 9.09. The molecule has 5 rings (SSSR count). The minimum absolute atomic E-state index is 0.308. The molecule has 0 unspecified atom stereocenters. The monoisotopic (exact) mass is 382 g/mol. The normalized spacial score (nSPS) is 11.6. The van der Waals surface area contributed by atoms with Crippen LogP contribution in [0.2, 0.25) is 0 Å². The molecule has 0 fully saturated rings. The third-order valence-electron chi connectivity index (χ3n) is 4.74. The molecule has 0 amide bonds. The van der Waals surface area contributed by atoms with Crippen molar-refractivity contribution in [3.8, 4) is 17.2 Å². The maximum Gasteiger partial charge on any atom is 0.227 e. The molecule has 5 heteroatoms. The zero-order valence-electron chi connectivity index (χ0n) is 15.2. The second-order valence-corrected chi connectivity index (χ2v) is 6.67. The number of aliphatic imine (C=N–C) groups is 1. The van der Waals surface area contributed by atoms with Crippen LogP contribution in [0, 0.1) is 5.82 Å². The number of fused-ring (bicyclic) bond motifs is 2. The minimum Gasteiger partial charge on any atom is -0.504 e. The van der Waals surface area contributed by atoms with E-state index in [2.05, 4.69) is 22.1 Å². The van der Waals surface area contributed by atoms with E-state index >= 15 is 0 Å². The van der Waals surface area contributed by atoms with Crippen molar-refractivity contribution in [3.63, 3.8) is 0 Å². The molecule has 0 radical (unpaired) electrons. The molecule has 1 aromatic heterocycles. The Kier molecular flexibility index (Phi) is 4.06. The van der Waals surface area contributed by atoms with Crippen LogP contribution in [0.5, 0.6) is 5.75 Å². The Morgan fingerprint density at radius 2 is 1.76 bits per heavy atom. The standard InChI is InChI=1S/C24H15FN2O2/c25-20-7-3-6-18(23(20)28)14-26-19-10-11-22-21(13-19)27-24(29-22)17-9-8-15-4-1-2-5-16(15)12-17/h1-14,28H. The van der Waals surface area contributed by atoms with Gasteiger partial charge in [0.2, 0.25) is 5.89 Å². The van der Waals surface area contributed by atoms with Crippen LogP contribution >= 0.6 is 0 Å². The summed E-state index contributed by atoms with van der Waals surface area (Å²) >= 11 is 0. The summed E-state index contributed by atoms with van der Waals surface area (Å²) in [5.41, 5.74) is 3.16. The van der Waals surface area contributed by atoms with E-state index in [1.54, 1.807) is 24.3 Å². The molecule has 140 valence electrons. The van der Waals surface area contributed by atoms with Gasteiger partial charge in [0, 0.05) is 17.3 Å². The second kappa shape index (κ2) is 6.87. The molecule has 4 nitrogen and oxygen atoms in total. The van der Waals surface area contributed by atoms with E-state index < -0.39 is 11.6 Å². The van der Waals surface area contributed by atoms with Crippen molar-refractivity contribution < 1.29 is 13.9 Å². The molecule has 0 saturated carbocycles. The van der Waals surface area contributed by atoms with Crippen LogP contribution in [0.1, 0.15) is 5.56 Å². The number of halogens is 1. The summed E-state index contributed by atoms with van der Waals surface area (Å²) < 4.78 is 19.3. The molecule has 5 aromatic rings. The van der Waals surface area contributed by atoms with Gasteiger partial charge in [-0.15, -0.1) is 0 Å². The van der Waals surface area contributed by atoms with Gasteiger partial charge < -0.3 is 9.52 Å². The van der Waals surface area contributed by atoms with E-state index in [9.17, 15) is 9.50 Å². The third-order valence-corrected chi connectivity index (χ3v) is 4.74. The number of aromatic nitrogens is 1. The number of rotatable bonds is 3. The molecule has 1 N–H and O–H groups in total. The van der Waals surface area contributed by atoms with Crippen molar-refractivity contribution in [1.29, 1.82) is 0 Å². The van der Waals surface area contributed by atoms with Gasteiger partial charge in [-0.2, -0.15) is 0 Å². The number of phenolic OH excluding ortho intramolecular Hbond substituents is 1.